The number of aromatic nitrogens is 1. The van der Waals surface area contributed by atoms with Crippen molar-refractivity contribution in [3.05, 3.63) is 39.9 Å². The number of fused-ring (bicyclic) bond motifs is 1. The molecule has 5 nitrogen and oxygen atoms in total. The van der Waals surface area contributed by atoms with Gasteiger partial charge in [0.25, 0.3) is 5.56 Å². The van der Waals surface area contributed by atoms with E-state index in [4.69, 9.17) is 6.42 Å². The number of piperazine rings is 1. The van der Waals surface area contributed by atoms with Gasteiger partial charge in [-0.1, -0.05) is 19.8 Å². The molecule has 0 amide bonds. The van der Waals surface area contributed by atoms with Gasteiger partial charge in [-0.05, 0) is 25.1 Å². The van der Waals surface area contributed by atoms with Crippen LogP contribution in [-0.4, -0.2) is 41.7 Å². The maximum absolute atomic E-state index is 13.9. The van der Waals surface area contributed by atoms with E-state index in [1.54, 1.807) is 13.1 Å². The molecular weight excluding hydrogens is 343 g/mol. The number of hydrogen-bond acceptors (Lipinski definition) is 4. The van der Waals surface area contributed by atoms with Crippen molar-refractivity contribution < 1.29 is 4.39 Å². The van der Waals surface area contributed by atoms with E-state index in [2.05, 4.69) is 10.8 Å². The molecule has 0 spiro atoms. The van der Waals surface area contributed by atoms with Gasteiger partial charge in [-0.3, -0.25) is 9.69 Å². The van der Waals surface area contributed by atoms with Crippen molar-refractivity contribution in [2.45, 2.75) is 26.8 Å². The van der Waals surface area contributed by atoms with Crippen LogP contribution in [0.5, 0.6) is 0 Å². The third kappa shape index (κ3) is 3.82. The van der Waals surface area contributed by atoms with E-state index in [-0.39, 0.29) is 17.2 Å². The molecule has 3 rings (SSSR count). The summed E-state index contributed by atoms with van der Waals surface area (Å²) in [5.74, 6) is 2.25. The van der Waals surface area contributed by atoms with Crippen LogP contribution in [0.15, 0.2) is 23.0 Å². The lowest BCUT2D eigenvalue weighted by Crippen LogP contribution is -2.52. The van der Waals surface area contributed by atoms with Gasteiger partial charge in [0, 0.05) is 38.1 Å². The van der Waals surface area contributed by atoms with Gasteiger partial charge in [0.05, 0.1) is 17.7 Å². The number of pyridine rings is 1. The molecule has 1 atom stereocenters. The molecule has 2 heterocycles. The highest BCUT2D eigenvalue weighted by Crippen LogP contribution is 2.31. The molecule has 1 saturated heterocycles. The summed E-state index contributed by atoms with van der Waals surface area (Å²) in [7, 11) is 1.60. The minimum absolute atomic E-state index is 0.0489. The van der Waals surface area contributed by atoms with Crippen LogP contribution in [0.1, 0.15) is 26.3 Å². The molecule has 0 N–H and O–H groups in total. The van der Waals surface area contributed by atoms with E-state index in [0.29, 0.717) is 29.7 Å². The van der Waals surface area contributed by atoms with Gasteiger partial charge in [0.15, 0.2) is 0 Å². The van der Waals surface area contributed by atoms with E-state index in [0.717, 1.165) is 13.1 Å². The first-order valence-corrected chi connectivity index (χ1v) is 9.12. The zero-order valence-corrected chi connectivity index (χ0v) is 16.3. The third-order valence-corrected chi connectivity index (χ3v) is 4.76. The average molecular weight is 368 g/mol. The quantitative estimate of drug-likeness (QED) is 0.765. The lowest BCUT2D eigenvalue weighted by Gasteiger charge is -2.41. The first-order valence-electron chi connectivity index (χ1n) is 9.12. The summed E-state index contributed by atoms with van der Waals surface area (Å²) in [4.78, 5) is 16.8. The van der Waals surface area contributed by atoms with Crippen molar-refractivity contribution in [1.82, 2.24) is 9.47 Å². The monoisotopic (exact) mass is 368 g/mol. The lowest BCUT2D eigenvalue weighted by molar-refractivity contribution is 0.254. The molecule has 1 aromatic carbocycles. The second-order valence-corrected chi connectivity index (χ2v) is 6.34. The Morgan fingerprint density at radius 2 is 2.04 bits per heavy atom. The van der Waals surface area contributed by atoms with E-state index >= 15 is 0 Å². The molecule has 0 aliphatic carbocycles. The Hall–Kier alpha value is -2.83. The Balaban J connectivity index is 0.00000126. The highest BCUT2D eigenvalue weighted by Gasteiger charge is 2.28. The summed E-state index contributed by atoms with van der Waals surface area (Å²) in [5, 5.41) is 10.2. The summed E-state index contributed by atoms with van der Waals surface area (Å²) in [6.45, 7) is 8.66. The van der Waals surface area contributed by atoms with Gasteiger partial charge in [-0.2, -0.15) is 5.26 Å². The molecule has 0 radical (unpaired) electrons. The number of halogens is 1. The van der Waals surface area contributed by atoms with Crippen molar-refractivity contribution >= 4 is 16.6 Å². The number of hydrogen-bond donors (Lipinski definition) is 0. The maximum atomic E-state index is 13.9. The standard InChI is InChI=1S/C19H19FN4O.C2H6/c1-4-7-23-8-9-24(13(2)12-23)18-15-10-14(20)5-6-17(15)22(3)19(25)16(18)11-21;1-2/h1,5-6,10,13H,7-9,12H2,2-3H3;1-2H3. The number of nitriles is 1. The zero-order valence-electron chi connectivity index (χ0n) is 16.3. The fraction of sp³-hybridized carbons (Fsp3) is 0.429. The van der Waals surface area contributed by atoms with Gasteiger partial charge in [0.2, 0.25) is 0 Å². The molecule has 1 unspecified atom stereocenters. The lowest BCUT2D eigenvalue weighted by atomic mass is 10.0. The Bertz CT molecular complexity index is 967. The molecular formula is C21H25FN4O. The minimum atomic E-state index is -0.394. The SMILES string of the molecule is C#CCN1CCN(c2c(C#N)c(=O)n(C)c3ccc(F)cc23)C(C)C1.CC. The van der Waals surface area contributed by atoms with Crippen molar-refractivity contribution in [3.8, 4) is 18.4 Å². The molecule has 0 saturated carbocycles. The number of aryl methyl sites for hydroxylation is 1. The first-order chi connectivity index (χ1) is 13.0. The van der Waals surface area contributed by atoms with Gasteiger partial charge >= 0.3 is 0 Å². The van der Waals surface area contributed by atoms with Gasteiger partial charge in [0.1, 0.15) is 17.4 Å². The van der Waals surface area contributed by atoms with Crippen LogP contribution < -0.4 is 10.5 Å². The average Bonchev–Trinajstić information content (AvgIpc) is 2.67. The highest BCUT2D eigenvalue weighted by molar-refractivity contribution is 5.95. The molecule has 0 bridgehead atoms. The smallest absolute Gasteiger partial charge is 0.270 e. The Morgan fingerprint density at radius 3 is 2.63 bits per heavy atom. The zero-order chi connectivity index (χ0) is 20.1. The van der Waals surface area contributed by atoms with Gasteiger partial charge < -0.3 is 9.47 Å². The van der Waals surface area contributed by atoms with Crippen LogP contribution >= 0.6 is 0 Å². The van der Waals surface area contributed by atoms with Crippen LogP contribution in [0, 0.1) is 29.5 Å². The number of rotatable bonds is 2. The Labute approximate surface area is 159 Å². The molecule has 1 fully saturated rings. The molecule has 1 aromatic heterocycles. The minimum Gasteiger partial charge on any atom is -0.364 e. The summed E-state index contributed by atoms with van der Waals surface area (Å²) in [5.41, 5.74) is 0.819. The fourth-order valence-corrected chi connectivity index (χ4v) is 3.54. The van der Waals surface area contributed by atoms with E-state index < -0.39 is 5.82 Å². The molecule has 1 aliphatic rings. The van der Waals surface area contributed by atoms with Crippen LogP contribution in [0.25, 0.3) is 10.9 Å². The van der Waals surface area contributed by atoms with Gasteiger partial charge in [-0.25, -0.2) is 4.39 Å². The summed E-state index contributed by atoms with van der Waals surface area (Å²) in [6.07, 6.45) is 5.39. The number of anilines is 1. The highest BCUT2D eigenvalue weighted by atomic mass is 19.1. The van der Waals surface area contributed by atoms with Crippen LogP contribution in [0.4, 0.5) is 10.1 Å². The van der Waals surface area contributed by atoms with Crippen LogP contribution in [-0.2, 0) is 7.05 Å². The summed E-state index contributed by atoms with van der Waals surface area (Å²) in [6, 6.07) is 6.37. The largest absolute Gasteiger partial charge is 0.364 e. The molecule has 1 aliphatic heterocycles. The second kappa shape index (κ2) is 8.70. The summed E-state index contributed by atoms with van der Waals surface area (Å²) >= 11 is 0. The van der Waals surface area contributed by atoms with Crippen molar-refractivity contribution in [2.24, 2.45) is 7.05 Å². The normalized spacial score (nSPS) is 17.0. The molecule has 27 heavy (non-hydrogen) atoms. The van der Waals surface area contributed by atoms with Gasteiger partial charge in [-0.15, -0.1) is 6.42 Å². The molecule has 142 valence electrons. The third-order valence-electron chi connectivity index (χ3n) is 4.76. The van der Waals surface area contributed by atoms with Crippen molar-refractivity contribution in [2.75, 3.05) is 31.1 Å². The van der Waals surface area contributed by atoms with Crippen molar-refractivity contribution in [3.63, 3.8) is 0 Å². The van der Waals surface area contributed by atoms with Crippen LogP contribution in [0.3, 0.4) is 0 Å². The molecule has 6 heteroatoms. The van der Waals surface area contributed by atoms with E-state index in [9.17, 15) is 14.4 Å². The topological polar surface area (TPSA) is 52.3 Å². The van der Waals surface area contributed by atoms with E-state index in [1.807, 2.05) is 31.7 Å². The Morgan fingerprint density at radius 1 is 1.33 bits per heavy atom. The first kappa shape index (κ1) is 20.5. The van der Waals surface area contributed by atoms with E-state index in [1.165, 1.54) is 16.7 Å². The number of benzene rings is 1. The predicted octanol–water partition coefficient (Wildman–Crippen LogP) is 2.72. The Kier molecular flexibility index (Phi) is 6.60. The number of nitrogens with zero attached hydrogens (tertiary/aromatic N) is 4. The predicted molar refractivity (Wildman–Crippen MR) is 107 cm³/mol. The fourth-order valence-electron chi connectivity index (χ4n) is 3.54. The second-order valence-electron chi connectivity index (χ2n) is 6.34. The van der Waals surface area contributed by atoms with Crippen molar-refractivity contribution in [1.29, 1.82) is 5.26 Å². The number of terminal acetylenes is 1. The maximum Gasteiger partial charge on any atom is 0.270 e. The van der Waals surface area contributed by atoms with Crippen LogP contribution in [0.2, 0.25) is 0 Å². The summed E-state index contributed by atoms with van der Waals surface area (Å²) < 4.78 is 15.3. The molecule has 2 aromatic rings.